The van der Waals surface area contributed by atoms with E-state index in [4.69, 9.17) is 14.6 Å². The number of aliphatic hydroxyl groups is 1. The molecule has 0 spiro atoms. The Kier molecular flexibility index (Phi) is 4.51. The molecule has 5 nitrogen and oxygen atoms in total. The largest absolute Gasteiger partial charge is 0.486 e. The zero-order chi connectivity index (χ0) is 17.9. The van der Waals surface area contributed by atoms with Crippen LogP contribution in [0.3, 0.4) is 0 Å². The fraction of sp³-hybridized carbons (Fsp3) is 0.286. The maximum Gasteiger partial charge on any atom is 0.255 e. The molecule has 1 amide bonds. The van der Waals surface area contributed by atoms with E-state index in [0.29, 0.717) is 28.7 Å². The van der Waals surface area contributed by atoms with Gasteiger partial charge in [-0.05, 0) is 49.2 Å². The van der Waals surface area contributed by atoms with Crippen LogP contribution in [0.15, 0.2) is 42.5 Å². The smallest absolute Gasteiger partial charge is 0.255 e. The van der Waals surface area contributed by atoms with Crippen molar-refractivity contribution in [1.29, 1.82) is 0 Å². The maximum absolute atomic E-state index is 12.4. The maximum atomic E-state index is 12.4. The Morgan fingerprint density at radius 3 is 2.69 bits per heavy atom. The van der Waals surface area contributed by atoms with Gasteiger partial charge in [0.25, 0.3) is 5.91 Å². The highest BCUT2D eigenvalue weighted by molar-refractivity contribution is 6.04. The highest BCUT2D eigenvalue weighted by Gasteiger charge is 2.21. The van der Waals surface area contributed by atoms with E-state index in [1.807, 2.05) is 12.1 Å². The SMILES string of the molecule is O=C(Nc1ccc2c(c1)OCC(CO)O2)c1ccc(C#CC2CC2)cc1. The van der Waals surface area contributed by atoms with Crippen molar-refractivity contribution < 1.29 is 19.4 Å². The molecule has 2 aromatic carbocycles. The average Bonchev–Trinajstić information content (AvgIpc) is 3.51. The van der Waals surface area contributed by atoms with Crippen molar-refractivity contribution in [2.45, 2.75) is 18.9 Å². The molecule has 0 saturated heterocycles. The van der Waals surface area contributed by atoms with Gasteiger partial charge in [0.1, 0.15) is 6.61 Å². The third-order valence-corrected chi connectivity index (χ3v) is 4.27. The van der Waals surface area contributed by atoms with Gasteiger partial charge in [0.15, 0.2) is 17.6 Å². The number of benzene rings is 2. The van der Waals surface area contributed by atoms with Crippen molar-refractivity contribution in [3.05, 3.63) is 53.6 Å². The van der Waals surface area contributed by atoms with Crippen LogP contribution in [0.5, 0.6) is 11.5 Å². The zero-order valence-corrected chi connectivity index (χ0v) is 14.2. The molecule has 5 heteroatoms. The molecule has 2 aromatic rings. The molecule has 0 bridgehead atoms. The molecule has 4 rings (SSSR count). The third kappa shape index (κ3) is 3.81. The number of amides is 1. The van der Waals surface area contributed by atoms with Crippen molar-refractivity contribution in [3.8, 4) is 23.3 Å². The monoisotopic (exact) mass is 349 g/mol. The number of hydrogen-bond acceptors (Lipinski definition) is 4. The van der Waals surface area contributed by atoms with Crippen LogP contribution in [0.25, 0.3) is 0 Å². The number of ether oxygens (including phenoxy) is 2. The standard InChI is InChI=1S/C21H19NO4/c23-12-18-13-25-20-11-17(9-10-19(20)26-18)22-21(24)16-7-5-15(6-8-16)4-3-14-1-2-14/h5-11,14,18,23H,1-2,12-13H2,(H,22,24). The minimum absolute atomic E-state index is 0.0983. The van der Waals surface area contributed by atoms with Crippen LogP contribution >= 0.6 is 0 Å². The zero-order valence-electron chi connectivity index (χ0n) is 14.2. The van der Waals surface area contributed by atoms with Gasteiger partial charge in [-0.15, -0.1) is 0 Å². The Bertz CT molecular complexity index is 875. The number of fused-ring (bicyclic) bond motifs is 1. The van der Waals surface area contributed by atoms with Crippen LogP contribution in [0.1, 0.15) is 28.8 Å². The van der Waals surface area contributed by atoms with Crippen molar-refractivity contribution in [3.63, 3.8) is 0 Å². The number of nitrogens with one attached hydrogen (secondary N) is 1. The number of rotatable bonds is 3. The predicted molar refractivity (Wildman–Crippen MR) is 97.4 cm³/mol. The van der Waals surface area contributed by atoms with Crippen molar-refractivity contribution in [2.24, 2.45) is 5.92 Å². The van der Waals surface area contributed by atoms with Crippen molar-refractivity contribution >= 4 is 11.6 Å². The van der Waals surface area contributed by atoms with Crippen LogP contribution in [-0.2, 0) is 0 Å². The van der Waals surface area contributed by atoms with E-state index in [0.717, 1.165) is 5.56 Å². The summed E-state index contributed by atoms with van der Waals surface area (Å²) >= 11 is 0. The molecular weight excluding hydrogens is 330 g/mol. The van der Waals surface area contributed by atoms with Crippen LogP contribution in [0.4, 0.5) is 5.69 Å². The summed E-state index contributed by atoms with van der Waals surface area (Å²) in [6.07, 6.45) is 2.04. The first-order valence-corrected chi connectivity index (χ1v) is 8.68. The normalized spacial score (nSPS) is 17.8. The summed E-state index contributed by atoms with van der Waals surface area (Å²) in [5.41, 5.74) is 2.11. The Morgan fingerprint density at radius 1 is 1.15 bits per heavy atom. The minimum atomic E-state index is -0.357. The van der Waals surface area contributed by atoms with Crippen LogP contribution in [0.2, 0.25) is 0 Å². The molecule has 2 aliphatic rings. The first-order chi connectivity index (χ1) is 12.7. The lowest BCUT2D eigenvalue weighted by molar-refractivity contribution is 0.0457. The number of anilines is 1. The lowest BCUT2D eigenvalue weighted by Crippen LogP contribution is -2.32. The summed E-state index contributed by atoms with van der Waals surface area (Å²) in [6.45, 7) is 0.184. The highest BCUT2D eigenvalue weighted by atomic mass is 16.6. The number of hydrogen-bond donors (Lipinski definition) is 2. The molecule has 2 N–H and O–H groups in total. The second kappa shape index (κ2) is 7.11. The summed E-state index contributed by atoms with van der Waals surface area (Å²) in [5, 5.41) is 12.0. The Labute approximate surface area is 151 Å². The summed E-state index contributed by atoms with van der Waals surface area (Å²) in [7, 11) is 0. The molecule has 1 aliphatic carbocycles. The molecule has 0 radical (unpaired) electrons. The predicted octanol–water partition coefficient (Wildman–Crippen LogP) is 2.83. The van der Waals surface area contributed by atoms with Gasteiger partial charge in [-0.25, -0.2) is 0 Å². The third-order valence-electron chi connectivity index (χ3n) is 4.27. The van der Waals surface area contributed by atoms with E-state index in [2.05, 4.69) is 17.2 Å². The molecule has 26 heavy (non-hydrogen) atoms. The summed E-state index contributed by atoms with van der Waals surface area (Å²) in [6, 6.07) is 12.5. The topological polar surface area (TPSA) is 67.8 Å². The van der Waals surface area contributed by atoms with E-state index in [-0.39, 0.29) is 25.2 Å². The van der Waals surface area contributed by atoms with Crippen LogP contribution in [0, 0.1) is 17.8 Å². The molecule has 1 fully saturated rings. The summed E-state index contributed by atoms with van der Waals surface area (Å²) in [5.74, 6) is 7.82. The van der Waals surface area contributed by atoms with E-state index in [1.165, 1.54) is 12.8 Å². The Morgan fingerprint density at radius 2 is 1.96 bits per heavy atom. The second-order valence-corrected chi connectivity index (χ2v) is 6.47. The first kappa shape index (κ1) is 16.5. The van der Waals surface area contributed by atoms with Crippen LogP contribution in [-0.4, -0.2) is 30.3 Å². The van der Waals surface area contributed by atoms with Gasteiger partial charge in [-0.3, -0.25) is 4.79 Å². The quantitative estimate of drug-likeness (QED) is 0.836. The van der Waals surface area contributed by atoms with Crippen molar-refractivity contribution in [2.75, 3.05) is 18.5 Å². The van der Waals surface area contributed by atoms with E-state index >= 15 is 0 Å². The average molecular weight is 349 g/mol. The van der Waals surface area contributed by atoms with Crippen molar-refractivity contribution in [1.82, 2.24) is 0 Å². The fourth-order valence-electron chi connectivity index (χ4n) is 2.60. The molecular formula is C21H19NO4. The molecule has 132 valence electrons. The molecule has 1 heterocycles. The van der Waals surface area contributed by atoms with Gasteiger partial charge in [-0.2, -0.15) is 0 Å². The van der Waals surface area contributed by atoms with E-state index in [9.17, 15) is 4.79 Å². The van der Waals surface area contributed by atoms with E-state index < -0.39 is 0 Å². The molecule has 1 unspecified atom stereocenters. The Hall–Kier alpha value is -2.97. The Balaban J connectivity index is 1.42. The van der Waals surface area contributed by atoms with Gasteiger partial charge in [0, 0.05) is 28.8 Å². The van der Waals surface area contributed by atoms with Gasteiger partial charge in [-0.1, -0.05) is 11.8 Å². The minimum Gasteiger partial charge on any atom is -0.486 e. The number of carbonyl (C=O) groups is 1. The molecule has 0 aromatic heterocycles. The number of aliphatic hydroxyl groups excluding tert-OH is 1. The first-order valence-electron chi connectivity index (χ1n) is 8.68. The van der Waals surface area contributed by atoms with Gasteiger partial charge in [0.2, 0.25) is 0 Å². The van der Waals surface area contributed by atoms with Crippen LogP contribution < -0.4 is 14.8 Å². The van der Waals surface area contributed by atoms with Gasteiger partial charge < -0.3 is 19.9 Å². The summed E-state index contributed by atoms with van der Waals surface area (Å²) < 4.78 is 11.2. The van der Waals surface area contributed by atoms with Gasteiger partial charge >= 0.3 is 0 Å². The second-order valence-electron chi connectivity index (χ2n) is 6.47. The lowest BCUT2D eigenvalue weighted by atomic mass is 10.1. The fourth-order valence-corrected chi connectivity index (χ4v) is 2.60. The highest BCUT2D eigenvalue weighted by Crippen LogP contribution is 2.34. The summed E-state index contributed by atoms with van der Waals surface area (Å²) in [4.78, 5) is 12.4. The molecule has 1 aliphatic heterocycles. The molecule has 1 atom stereocenters. The van der Waals surface area contributed by atoms with E-state index in [1.54, 1.807) is 30.3 Å². The number of carbonyl (C=O) groups excluding carboxylic acids is 1. The van der Waals surface area contributed by atoms with Gasteiger partial charge in [0.05, 0.1) is 6.61 Å². The molecule has 1 saturated carbocycles. The lowest BCUT2D eigenvalue weighted by Gasteiger charge is -2.25.